The van der Waals surface area contributed by atoms with Crippen molar-refractivity contribution in [2.24, 2.45) is 0 Å². The first-order valence-corrected chi connectivity index (χ1v) is 5.99. The Morgan fingerprint density at radius 3 is 2.92 bits per heavy atom. The van der Waals surface area contributed by atoms with Gasteiger partial charge in [-0.3, -0.25) is 0 Å². The van der Waals surface area contributed by atoms with Crippen LogP contribution >= 0.6 is 34.7 Å². The second-order valence-electron chi connectivity index (χ2n) is 2.67. The quantitative estimate of drug-likeness (QED) is 0.816. The Labute approximate surface area is 91.2 Å². The highest BCUT2D eigenvalue weighted by Gasteiger charge is 2.05. The fourth-order valence-electron chi connectivity index (χ4n) is 0.747. The molecule has 0 atom stereocenters. The van der Waals surface area contributed by atoms with Crippen LogP contribution in [0.15, 0.2) is 15.3 Å². The van der Waals surface area contributed by atoms with Gasteiger partial charge in [0.15, 0.2) is 5.13 Å². The molecule has 13 heavy (non-hydrogen) atoms. The molecule has 1 aromatic heterocycles. The Morgan fingerprint density at radius 1 is 1.77 bits per heavy atom. The molecule has 72 valence electrons. The number of rotatable bonds is 3. The normalized spacial score (nSPS) is 12.1. The van der Waals surface area contributed by atoms with E-state index in [1.807, 2.05) is 13.8 Å². The van der Waals surface area contributed by atoms with Crippen LogP contribution in [0.2, 0.25) is 0 Å². The topological polar surface area (TPSA) is 38.9 Å². The maximum atomic E-state index is 5.57. The van der Waals surface area contributed by atoms with Gasteiger partial charge in [0, 0.05) is 11.3 Å². The van der Waals surface area contributed by atoms with Crippen molar-refractivity contribution < 1.29 is 0 Å². The summed E-state index contributed by atoms with van der Waals surface area (Å²) in [5, 5.41) is 0.632. The lowest BCUT2D eigenvalue weighted by atomic mass is 10.4. The van der Waals surface area contributed by atoms with Crippen molar-refractivity contribution in [1.29, 1.82) is 0 Å². The third-order valence-electron chi connectivity index (χ3n) is 1.39. The molecular weight excluding hydrogens is 224 g/mol. The first-order valence-electron chi connectivity index (χ1n) is 3.75. The zero-order valence-corrected chi connectivity index (χ0v) is 9.89. The molecule has 5 heteroatoms. The molecule has 2 N–H and O–H groups in total. The zero-order valence-electron chi connectivity index (χ0n) is 7.50. The van der Waals surface area contributed by atoms with Crippen LogP contribution in [0.5, 0.6) is 0 Å². The minimum absolute atomic E-state index is 0.632. The van der Waals surface area contributed by atoms with Crippen molar-refractivity contribution in [2.45, 2.75) is 18.1 Å². The number of thioether (sulfide) groups is 1. The SMILES string of the molecule is CC(=CCl)CSc1sc(N)nc1C. The predicted octanol–water partition coefficient (Wildman–Crippen LogP) is 3.27. The lowest BCUT2D eigenvalue weighted by molar-refractivity contribution is 1.21. The molecule has 0 spiro atoms. The largest absolute Gasteiger partial charge is 0.375 e. The number of nitrogens with zero attached hydrogens (tertiary/aromatic N) is 1. The number of halogens is 1. The Balaban J connectivity index is 2.59. The van der Waals surface area contributed by atoms with E-state index in [-0.39, 0.29) is 0 Å². The number of nitrogens with two attached hydrogens (primary N) is 1. The zero-order chi connectivity index (χ0) is 9.84. The Kier molecular flexibility index (Phi) is 4.09. The smallest absolute Gasteiger partial charge is 0.181 e. The Bertz CT molecular complexity index is 320. The lowest BCUT2D eigenvalue weighted by Gasteiger charge is -1.97. The first-order chi connectivity index (χ1) is 6.13. The van der Waals surface area contributed by atoms with E-state index in [1.165, 1.54) is 15.5 Å². The van der Waals surface area contributed by atoms with Crippen molar-refractivity contribution in [1.82, 2.24) is 4.98 Å². The summed E-state index contributed by atoms with van der Waals surface area (Å²) in [6.45, 7) is 3.97. The molecule has 1 heterocycles. The number of nitrogen functional groups attached to an aromatic ring is 1. The number of anilines is 1. The Morgan fingerprint density at radius 2 is 2.46 bits per heavy atom. The molecule has 2 nitrogen and oxygen atoms in total. The van der Waals surface area contributed by atoms with Gasteiger partial charge in [-0.25, -0.2) is 4.98 Å². The molecule has 1 aromatic rings. The lowest BCUT2D eigenvalue weighted by Crippen LogP contribution is -1.81. The highest BCUT2D eigenvalue weighted by molar-refractivity contribution is 8.01. The summed E-state index contributed by atoms with van der Waals surface area (Å²) >= 11 is 8.80. The van der Waals surface area contributed by atoms with E-state index in [0.29, 0.717) is 5.13 Å². The maximum Gasteiger partial charge on any atom is 0.181 e. The van der Waals surface area contributed by atoms with Gasteiger partial charge in [-0.05, 0) is 13.8 Å². The van der Waals surface area contributed by atoms with Crippen LogP contribution in [0.25, 0.3) is 0 Å². The van der Waals surface area contributed by atoms with Crippen LogP contribution in [-0.2, 0) is 0 Å². The number of aryl methyl sites for hydroxylation is 1. The fourth-order valence-corrected chi connectivity index (χ4v) is 2.85. The molecule has 0 saturated carbocycles. The van der Waals surface area contributed by atoms with Gasteiger partial charge >= 0.3 is 0 Å². The number of thiazole rings is 1. The van der Waals surface area contributed by atoms with E-state index in [4.69, 9.17) is 17.3 Å². The van der Waals surface area contributed by atoms with E-state index in [0.717, 1.165) is 17.0 Å². The molecule has 0 aliphatic rings. The summed E-state index contributed by atoms with van der Waals surface area (Å²) in [7, 11) is 0. The van der Waals surface area contributed by atoms with E-state index in [1.54, 1.807) is 17.3 Å². The summed E-state index contributed by atoms with van der Waals surface area (Å²) in [6.07, 6.45) is 0. The third kappa shape index (κ3) is 3.21. The van der Waals surface area contributed by atoms with Crippen molar-refractivity contribution in [3.05, 3.63) is 16.8 Å². The Hall–Kier alpha value is -0.190. The van der Waals surface area contributed by atoms with E-state index < -0.39 is 0 Å². The van der Waals surface area contributed by atoms with E-state index in [2.05, 4.69) is 4.98 Å². The number of hydrogen-bond donors (Lipinski definition) is 1. The average molecular weight is 235 g/mol. The number of aromatic nitrogens is 1. The fraction of sp³-hybridized carbons (Fsp3) is 0.375. The molecule has 1 rings (SSSR count). The van der Waals surface area contributed by atoms with Crippen molar-refractivity contribution in [3.63, 3.8) is 0 Å². The van der Waals surface area contributed by atoms with Gasteiger partial charge in [-0.2, -0.15) is 0 Å². The second-order valence-corrected chi connectivity index (χ2v) is 5.16. The molecule has 0 amide bonds. The number of hydrogen-bond acceptors (Lipinski definition) is 4. The van der Waals surface area contributed by atoms with Crippen LogP contribution in [0.3, 0.4) is 0 Å². The monoisotopic (exact) mass is 234 g/mol. The van der Waals surface area contributed by atoms with E-state index in [9.17, 15) is 0 Å². The molecule has 0 unspecified atom stereocenters. The van der Waals surface area contributed by atoms with Crippen LogP contribution in [0.1, 0.15) is 12.6 Å². The van der Waals surface area contributed by atoms with Gasteiger partial charge in [0.05, 0.1) is 9.90 Å². The van der Waals surface area contributed by atoms with Gasteiger partial charge in [0.2, 0.25) is 0 Å². The average Bonchev–Trinajstić information content (AvgIpc) is 2.41. The molecule has 0 bridgehead atoms. The summed E-state index contributed by atoms with van der Waals surface area (Å²) < 4.78 is 1.18. The van der Waals surface area contributed by atoms with Crippen molar-refractivity contribution >= 4 is 39.8 Å². The summed E-state index contributed by atoms with van der Waals surface area (Å²) in [5.41, 5.74) is 9.34. The van der Waals surface area contributed by atoms with Gasteiger partial charge in [0.1, 0.15) is 0 Å². The first kappa shape index (κ1) is 10.9. The maximum absolute atomic E-state index is 5.57. The van der Waals surface area contributed by atoms with Crippen molar-refractivity contribution in [3.8, 4) is 0 Å². The molecule has 0 saturated heterocycles. The third-order valence-corrected chi connectivity index (χ3v) is 4.30. The van der Waals surface area contributed by atoms with Crippen molar-refractivity contribution in [2.75, 3.05) is 11.5 Å². The van der Waals surface area contributed by atoms with Gasteiger partial charge in [-0.15, -0.1) is 11.8 Å². The van der Waals surface area contributed by atoms with Gasteiger partial charge in [-0.1, -0.05) is 28.5 Å². The van der Waals surface area contributed by atoms with Crippen LogP contribution in [0.4, 0.5) is 5.13 Å². The summed E-state index contributed by atoms with van der Waals surface area (Å²) in [6, 6.07) is 0. The van der Waals surface area contributed by atoms with Crippen LogP contribution in [0, 0.1) is 6.92 Å². The van der Waals surface area contributed by atoms with Crippen LogP contribution < -0.4 is 5.73 Å². The molecule has 0 aliphatic heterocycles. The molecular formula is C8H11ClN2S2. The minimum atomic E-state index is 0.632. The van der Waals surface area contributed by atoms with E-state index >= 15 is 0 Å². The molecule has 0 radical (unpaired) electrons. The highest BCUT2D eigenvalue weighted by Crippen LogP contribution is 2.31. The predicted molar refractivity (Wildman–Crippen MR) is 61.6 cm³/mol. The van der Waals surface area contributed by atoms with Gasteiger partial charge < -0.3 is 5.73 Å². The van der Waals surface area contributed by atoms with Gasteiger partial charge in [0.25, 0.3) is 0 Å². The standard InChI is InChI=1S/C8H11ClN2S2/c1-5(3-9)4-12-7-6(2)11-8(10)13-7/h3H,4H2,1-2H3,(H2,10,11). The molecule has 0 aromatic carbocycles. The second kappa shape index (κ2) is 4.88. The highest BCUT2D eigenvalue weighted by atomic mass is 35.5. The summed E-state index contributed by atoms with van der Waals surface area (Å²) in [5.74, 6) is 0.895. The minimum Gasteiger partial charge on any atom is -0.375 e. The molecule has 0 aliphatic carbocycles. The summed E-state index contributed by atoms with van der Waals surface area (Å²) in [4.78, 5) is 4.14. The van der Waals surface area contributed by atoms with Crippen LogP contribution in [-0.4, -0.2) is 10.7 Å². The molecule has 0 fully saturated rings.